The van der Waals surface area contributed by atoms with Gasteiger partial charge in [-0.05, 0) is 19.9 Å². The molecular formula is C40H53N3O12. The summed E-state index contributed by atoms with van der Waals surface area (Å²) in [7, 11) is 4.65. The summed E-state index contributed by atoms with van der Waals surface area (Å²) in [6, 6.07) is 0. The summed E-state index contributed by atoms with van der Waals surface area (Å²) in [5, 5.41) is 65.3. The Morgan fingerprint density at radius 1 is 0.964 bits per heavy atom. The number of hydrogen-bond donors (Lipinski definition) is 6. The predicted octanol–water partition coefficient (Wildman–Crippen LogP) is 4.65. The lowest BCUT2D eigenvalue weighted by Crippen LogP contribution is -2.46. The van der Waals surface area contributed by atoms with Crippen LogP contribution in [0.5, 0.6) is 23.0 Å². The Kier molecular flexibility index (Phi) is 13.0. The lowest BCUT2D eigenvalue weighted by molar-refractivity contribution is -0.160. The van der Waals surface area contributed by atoms with Crippen LogP contribution in [0.3, 0.4) is 0 Å². The summed E-state index contributed by atoms with van der Waals surface area (Å²) in [5.74, 6) is -8.43. The number of aromatic hydroxyl groups is 3. The molecule has 0 unspecified atom stereocenters. The van der Waals surface area contributed by atoms with Crippen LogP contribution in [0.2, 0.25) is 0 Å². The maximum Gasteiger partial charge on any atom is 0.312 e. The standard InChI is InChI=1S/C40H53N3O12/c1-18-13-12-14-19(2)39(51)42-30-25(17-41-43(9)10)34(48)27-28(35(30)49)33(47)23(6)37-29(27)38(50)40(8,55-37)53-16-15-26(52-11)20(3)36(54-24(7)44)22(5)32(46)21(4)31(18)45/h12-18,20-22,26,31-32,36,45-49H,1-11H3,(H,42,51)/b13-12+,16-15+,19-14-,41-17?/t18-,20+,21+,22+,26-,31-,32+,36+,40-/m0/s1. The zero-order valence-electron chi connectivity index (χ0n) is 33.1. The van der Waals surface area contributed by atoms with Gasteiger partial charge in [-0.2, -0.15) is 5.10 Å². The van der Waals surface area contributed by atoms with Crippen molar-refractivity contribution in [2.75, 3.05) is 26.5 Å². The zero-order valence-corrected chi connectivity index (χ0v) is 33.1. The Bertz CT molecular complexity index is 1950. The van der Waals surface area contributed by atoms with Crippen molar-refractivity contribution in [3.05, 3.63) is 52.8 Å². The first kappa shape index (κ1) is 42.6. The Hall–Kier alpha value is -5.12. The number of carbonyl (C=O) groups is 3. The van der Waals surface area contributed by atoms with Gasteiger partial charge in [0.15, 0.2) is 5.75 Å². The number of aliphatic hydroxyl groups excluding tert-OH is 2. The van der Waals surface area contributed by atoms with E-state index < -0.39 is 88.8 Å². The third-order valence-electron chi connectivity index (χ3n) is 10.5. The van der Waals surface area contributed by atoms with E-state index in [1.807, 2.05) is 0 Å². The molecule has 0 radical (unpaired) electrons. The molecule has 5 bridgehead atoms. The molecule has 0 aliphatic carbocycles. The van der Waals surface area contributed by atoms with Crippen LogP contribution in [0.15, 0.2) is 41.2 Å². The van der Waals surface area contributed by atoms with Crippen LogP contribution in [0, 0.1) is 30.6 Å². The van der Waals surface area contributed by atoms with Gasteiger partial charge in [0.2, 0.25) is 0 Å². The first-order valence-electron chi connectivity index (χ1n) is 18.0. The summed E-state index contributed by atoms with van der Waals surface area (Å²) < 4.78 is 23.4. The fourth-order valence-electron chi connectivity index (χ4n) is 7.05. The van der Waals surface area contributed by atoms with E-state index in [0.717, 1.165) is 0 Å². The average Bonchev–Trinajstić information content (AvgIpc) is 3.39. The number of ether oxygens (including phenoxy) is 4. The van der Waals surface area contributed by atoms with Crippen LogP contribution >= 0.6 is 0 Å². The van der Waals surface area contributed by atoms with Gasteiger partial charge in [-0.3, -0.25) is 14.4 Å². The van der Waals surface area contributed by atoms with Gasteiger partial charge in [0.1, 0.15) is 23.4 Å². The number of allylic oxidation sites excluding steroid dienone is 2. The van der Waals surface area contributed by atoms with Gasteiger partial charge in [-0.25, -0.2) is 0 Å². The maximum absolute atomic E-state index is 14.3. The van der Waals surface area contributed by atoms with Crippen molar-refractivity contribution >= 4 is 40.3 Å². The summed E-state index contributed by atoms with van der Waals surface area (Å²) >= 11 is 0. The van der Waals surface area contributed by atoms with Gasteiger partial charge >= 0.3 is 11.8 Å². The minimum atomic E-state index is -2.04. The van der Waals surface area contributed by atoms with Crippen LogP contribution in [-0.4, -0.2) is 106 Å². The molecule has 2 aromatic rings. The molecule has 15 nitrogen and oxygen atoms in total. The molecule has 5 rings (SSSR count). The number of rotatable bonds is 4. The number of Topliss-reactive ketones (excluding diaryl/α,β-unsaturated/α-hetero) is 1. The van der Waals surface area contributed by atoms with Crippen LogP contribution < -0.4 is 10.1 Å². The SMILES string of the molecule is CO[C@H]1/C=C/O[C@@]2(C)Oc3c(C)c(O)c4c(O)c(c(C=NN(C)C)c(O)c4c3C2=O)NC(=O)/C(C)=C\C=C\[C@H](C)[C@H](O)[C@@H](C)[C@@H](O)[C@@H](C)[C@H](OC(C)=O)[C@@H]1C. The number of phenolic OH excluding ortho intramolecular Hbond substituents is 3. The number of hydrogen-bond acceptors (Lipinski definition) is 14. The number of esters is 1. The number of fused-ring (bicyclic) bond motifs is 14. The topological polar surface area (TPSA) is 217 Å². The highest BCUT2D eigenvalue weighted by Gasteiger charge is 2.50. The molecule has 3 aliphatic heterocycles. The number of anilines is 1. The third-order valence-corrected chi connectivity index (χ3v) is 10.5. The molecule has 55 heavy (non-hydrogen) atoms. The van der Waals surface area contributed by atoms with E-state index in [4.69, 9.17) is 18.9 Å². The second kappa shape index (κ2) is 16.7. The summed E-state index contributed by atoms with van der Waals surface area (Å²) in [4.78, 5) is 40.1. The van der Waals surface area contributed by atoms with Gasteiger partial charge in [-0.15, -0.1) is 0 Å². The molecule has 9 atom stereocenters. The van der Waals surface area contributed by atoms with E-state index >= 15 is 0 Å². The molecule has 0 fully saturated rings. The van der Waals surface area contributed by atoms with E-state index in [1.54, 1.807) is 53.9 Å². The Morgan fingerprint density at radius 3 is 2.22 bits per heavy atom. The fraction of sp³-hybridized carbons (Fsp3) is 0.500. The molecule has 0 saturated heterocycles. The van der Waals surface area contributed by atoms with Gasteiger partial charge < -0.3 is 54.8 Å². The van der Waals surface area contributed by atoms with Crippen LogP contribution in [-0.2, 0) is 23.8 Å². The van der Waals surface area contributed by atoms with Crippen molar-refractivity contribution in [3.63, 3.8) is 0 Å². The van der Waals surface area contributed by atoms with E-state index in [2.05, 4.69) is 10.4 Å². The van der Waals surface area contributed by atoms with Crippen molar-refractivity contribution in [3.8, 4) is 23.0 Å². The number of amides is 1. The monoisotopic (exact) mass is 767 g/mol. The normalized spacial score (nSPS) is 31.4. The van der Waals surface area contributed by atoms with Crippen molar-refractivity contribution in [2.24, 2.45) is 28.8 Å². The fourth-order valence-corrected chi connectivity index (χ4v) is 7.05. The van der Waals surface area contributed by atoms with Crippen LogP contribution in [0.1, 0.15) is 70.0 Å². The maximum atomic E-state index is 14.3. The molecule has 6 N–H and O–H groups in total. The van der Waals surface area contributed by atoms with Crippen molar-refractivity contribution in [1.82, 2.24) is 5.01 Å². The molecule has 0 aromatic heterocycles. The summed E-state index contributed by atoms with van der Waals surface area (Å²) in [5.41, 5.74) is -0.445. The van der Waals surface area contributed by atoms with Crippen molar-refractivity contribution < 1.29 is 58.9 Å². The molecule has 3 aliphatic rings. The zero-order chi connectivity index (χ0) is 41.3. The minimum absolute atomic E-state index is 0.0475. The smallest absolute Gasteiger partial charge is 0.312 e. The highest BCUT2D eigenvalue weighted by molar-refractivity contribution is 6.23. The third kappa shape index (κ3) is 8.28. The number of hydrazone groups is 1. The van der Waals surface area contributed by atoms with Gasteiger partial charge in [0.25, 0.3) is 11.7 Å². The van der Waals surface area contributed by atoms with E-state index in [-0.39, 0.29) is 44.5 Å². The average molecular weight is 768 g/mol. The van der Waals surface area contributed by atoms with E-state index in [9.17, 15) is 39.9 Å². The van der Waals surface area contributed by atoms with Crippen molar-refractivity contribution in [1.29, 1.82) is 0 Å². The Labute approximate surface area is 320 Å². The molecule has 300 valence electrons. The Balaban J connectivity index is 1.97. The minimum Gasteiger partial charge on any atom is -0.507 e. The molecule has 3 heterocycles. The lowest BCUT2D eigenvalue weighted by Gasteiger charge is -2.38. The molecule has 1 amide bonds. The number of benzene rings is 2. The number of methoxy groups -OCH3 is 1. The van der Waals surface area contributed by atoms with Gasteiger partial charge in [-0.1, -0.05) is 45.9 Å². The number of ketones is 1. The van der Waals surface area contributed by atoms with Gasteiger partial charge in [0, 0.05) is 75.2 Å². The van der Waals surface area contributed by atoms with Gasteiger partial charge in [0.05, 0.1) is 53.0 Å². The predicted molar refractivity (Wildman–Crippen MR) is 205 cm³/mol. The molecule has 0 saturated carbocycles. The van der Waals surface area contributed by atoms with E-state index in [1.165, 1.54) is 64.4 Å². The molecule has 15 heteroatoms. The lowest BCUT2D eigenvalue weighted by atomic mass is 9.78. The molecule has 2 aromatic carbocycles. The number of carbonyl (C=O) groups excluding carboxylic acids is 3. The largest absolute Gasteiger partial charge is 0.507 e. The van der Waals surface area contributed by atoms with Crippen molar-refractivity contribution in [2.45, 2.75) is 85.6 Å². The summed E-state index contributed by atoms with van der Waals surface area (Å²) in [6.07, 6.45) is 4.69. The number of aliphatic hydroxyl groups is 2. The highest BCUT2D eigenvalue weighted by atomic mass is 16.7. The Morgan fingerprint density at radius 2 is 1.62 bits per heavy atom. The summed E-state index contributed by atoms with van der Waals surface area (Å²) in [6.45, 7) is 12.4. The first-order chi connectivity index (χ1) is 25.7. The second-order valence-corrected chi connectivity index (χ2v) is 14.7. The van der Waals surface area contributed by atoms with E-state index in [0.29, 0.717) is 0 Å². The molecule has 0 spiro atoms. The highest BCUT2D eigenvalue weighted by Crippen LogP contribution is 2.55. The quantitative estimate of drug-likeness (QED) is 0.0822. The number of nitrogens with zero attached hydrogens (tertiary/aromatic N) is 2. The van der Waals surface area contributed by atoms with Crippen LogP contribution in [0.4, 0.5) is 5.69 Å². The number of nitrogens with one attached hydrogen (secondary N) is 1. The van der Waals surface area contributed by atoms with Crippen LogP contribution in [0.25, 0.3) is 10.8 Å². The first-order valence-corrected chi connectivity index (χ1v) is 18.0. The number of phenols is 3. The molecular weight excluding hydrogens is 714 g/mol. The second-order valence-electron chi connectivity index (χ2n) is 14.7.